The fraction of sp³-hybridized carbons (Fsp3) is 0.167. The highest BCUT2D eigenvalue weighted by molar-refractivity contribution is 7.09. The van der Waals surface area contributed by atoms with Gasteiger partial charge in [0.2, 0.25) is 5.95 Å². The molecule has 1 aromatic carbocycles. The van der Waals surface area contributed by atoms with E-state index in [1.165, 1.54) is 30.7 Å². The highest BCUT2D eigenvalue weighted by Crippen LogP contribution is 2.23. The molecule has 26 heavy (non-hydrogen) atoms. The Morgan fingerprint density at radius 1 is 1.42 bits per heavy atom. The first kappa shape index (κ1) is 18.3. The molecule has 3 rings (SSSR count). The number of halogens is 2. The van der Waals surface area contributed by atoms with Crippen molar-refractivity contribution in [3.63, 3.8) is 0 Å². The third-order valence-electron chi connectivity index (χ3n) is 3.60. The van der Waals surface area contributed by atoms with E-state index in [-0.39, 0.29) is 12.1 Å². The summed E-state index contributed by atoms with van der Waals surface area (Å²) in [6, 6.07) is 8.07. The zero-order valence-electron chi connectivity index (χ0n) is 14.1. The second-order valence-electron chi connectivity index (χ2n) is 5.47. The molecule has 0 aliphatic carbocycles. The van der Waals surface area contributed by atoms with Crippen molar-refractivity contribution >= 4 is 28.8 Å². The molecular formula is C18H15ClFN3O2S. The Bertz CT molecular complexity index is 1030. The predicted octanol–water partition coefficient (Wildman–Crippen LogP) is 3.84. The minimum atomic E-state index is -0.544. The van der Waals surface area contributed by atoms with Crippen LogP contribution in [0.3, 0.4) is 0 Å². The van der Waals surface area contributed by atoms with Crippen LogP contribution in [-0.4, -0.2) is 22.6 Å². The molecule has 0 saturated carbocycles. The summed E-state index contributed by atoms with van der Waals surface area (Å²) in [5.41, 5.74) is 0.685. The molecule has 2 aromatic heterocycles. The van der Waals surface area contributed by atoms with Gasteiger partial charge in [-0.05, 0) is 31.2 Å². The first-order valence-electron chi connectivity index (χ1n) is 7.67. The number of amides is 1. The number of methoxy groups -OCH3 is 1. The van der Waals surface area contributed by atoms with Crippen LogP contribution in [-0.2, 0) is 6.54 Å². The van der Waals surface area contributed by atoms with E-state index in [0.29, 0.717) is 21.1 Å². The Hall–Kier alpha value is -2.51. The third kappa shape index (κ3) is 4.00. The minimum Gasteiger partial charge on any atom is -0.496 e. The molecule has 0 saturated heterocycles. The number of pyridine rings is 1. The van der Waals surface area contributed by atoms with Gasteiger partial charge >= 0.3 is 0 Å². The van der Waals surface area contributed by atoms with Gasteiger partial charge in [0.05, 0.1) is 19.2 Å². The van der Waals surface area contributed by atoms with Crippen LogP contribution in [0.2, 0.25) is 5.02 Å². The molecule has 0 radical (unpaired) electrons. The maximum atomic E-state index is 13.8. The first-order valence-corrected chi connectivity index (χ1v) is 8.86. The second kappa shape index (κ2) is 7.80. The Balaban J connectivity index is 2.01. The van der Waals surface area contributed by atoms with Crippen LogP contribution in [0, 0.1) is 12.9 Å². The Labute approximate surface area is 158 Å². The smallest absolute Gasteiger partial charge is 0.283 e. The molecule has 1 amide bonds. The lowest BCUT2D eigenvalue weighted by molar-refractivity contribution is 0.0995. The molecule has 2 heterocycles. The lowest BCUT2D eigenvalue weighted by atomic mass is 10.2. The number of hydrogen-bond acceptors (Lipinski definition) is 4. The molecule has 3 aromatic rings. The number of rotatable bonds is 4. The van der Waals surface area contributed by atoms with Gasteiger partial charge in [0.25, 0.3) is 5.91 Å². The molecule has 5 nitrogen and oxygen atoms in total. The van der Waals surface area contributed by atoms with Crippen LogP contribution in [0.1, 0.15) is 20.8 Å². The van der Waals surface area contributed by atoms with Crippen LogP contribution < -0.4 is 9.54 Å². The molecule has 0 atom stereocenters. The number of nitrogens with zero attached hydrogens (tertiary/aromatic N) is 3. The highest BCUT2D eigenvalue weighted by atomic mass is 35.5. The number of carbonyl (C=O) groups excluding carboxylic acids is 1. The fourth-order valence-electron chi connectivity index (χ4n) is 2.42. The van der Waals surface area contributed by atoms with Crippen LogP contribution in [0.15, 0.2) is 47.7 Å². The number of ether oxygens (including phenoxy) is 1. The summed E-state index contributed by atoms with van der Waals surface area (Å²) < 4.78 is 20.8. The standard InChI is InChI=1S/C18H15ClFN3O2S/c1-11-9-23(10-12-4-3-7-21-16(12)20)18(26-11)22-17(24)14-8-13(19)5-6-15(14)25-2/h3-9H,10H2,1-2H3. The van der Waals surface area contributed by atoms with Gasteiger partial charge in [-0.2, -0.15) is 9.38 Å². The van der Waals surface area contributed by atoms with Crippen molar-refractivity contribution < 1.29 is 13.9 Å². The van der Waals surface area contributed by atoms with E-state index < -0.39 is 11.9 Å². The van der Waals surface area contributed by atoms with Crippen molar-refractivity contribution in [2.24, 2.45) is 4.99 Å². The van der Waals surface area contributed by atoms with Crippen LogP contribution in [0.25, 0.3) is 0 Å². The van der Waals surface area contributed by atoms with Crippen molar-refractivity contribution in [2.75, 3.05) is 7.11 Å². The van der Waals surface area contributed by atoms with E-state index in [4.69, 9.17) is 16.3 Å². The van der Waals surface area contributed by atoms with Crippen LogP contribution in [0.4, 0.5) is 4.39 Å². The Morgan fingerprint density at radius 3 is 2.96 bits per heavy atom. The molecule has 0 aliphatic rings. The zero-order chi connectivity index (χ0) is 18.7. The van der Waals surface area contributed by atoms with Crippen molar-refractivity contribution in [2.45, 2.75) is 13.5 Å². The van der Waals surface area contributed by atoms with Gasteiger partial charge < -0.3 is 9.30 Å². The second-order valence-corrected chi connectivity index (χ2v) is 7.12. The molecule has 0 bridgehead atoms. The summed E-state index contributed by atoms with van der Waals surface area (Å²) in [6.45, 7) is 2.12. The van der Waals surface area contributed by atoms with Crippen LogP contribution in [0.5, 0.6) is 5.75 Å². The molecule has 8 heteroatoms. The zero-order valence-corrected chi connectivity index (χ0v) is 15.6. The average molecular weight is 392 g/mol. The van der Waals surface area contributed by atoms with Gasteiger partial charge in [-0.1, -0.05) is 17.7 Å². The van der Waals surface area contributed by atoms with Gasteiger partial charge in [-0.15, -0.1) is 11.3 Å². The van der Waals surface area contributed by atoms with E-state index in [2.05, 4.69) is 9.98 Å². The summed E-state index contributed by atoms with van der Waals surface area (Å²) in [6.07, 6.45) is 3.21. The van der Waals surface area contributed by atoms with Gasteiger partial charge in [-0.25, -0.2) is 4.98 Å². The Kier molecular flexibility index (Phi) is 5.49. The summed E-state index contributed by atoms with van der Waals surface area (Å²) in [5, 5.41) is 0.414. The van der Waals surface area contributed by atoms with E-state index in [9.17, 15) is 9.18 Å². The maximum absolute atomic E-state index is 13.8. The molecule has 0 unspecified atom stereocenters. The van der Waals surface area contributed by atoms with Gasteiger partial charge in [0.1, 0.15) is 5.75 Å². The number of carbonyl (C=O) groups is 1. The highest BCUT2D eigenvalue weighted by Gasteiger charge is 2.13. The summed E-state index contributed by atoms with van der Waals surface area (Å²) in [4.78, 5) is 21.9. The number of aromatic nitrogens is 2. The lowest BCUT2D eigenvalue weighted by Crippen LogP contribution is -2.18. The summed E-state index contributed by atoms with van der Waals surface area (Å²) in [5.74, 6) is -0.634. The van der Waals surface area contributed by atoms with Crippen LogP contribution >= 0.6 is 22.9 Å². The molecule has 0 N–H and O–H groups in total. The fourth-order valence-corrected chi connectivity index (χ4v) is 3.42. The average Bonchev–Trinajstić information content (AvgIpc) is 2.96. The third-order valence-corrected chi connectivity index (χ3v) is 4.77. The van der Waals surface area contributed by atoms with E-state index in [1.807, 2.05) is 13.1 Å². The summed E-state index contributed by atoms with van der Waals surface area (Å²) >= 11 is 7.32. The van der Waals surface area contributed by atoms with Gasteiger partial charge in [0.15, 0.2) is 4.80 Å². The van der Waals surface area contributed by atoms with Gasteiger partial charge in [0, 0.05) is 27.9 Å². The molecule has 134 valence electrons. The largest absolute Gasteiger partial charge is 0.496 e. The topological polar surface area (TPSA) is 56.5 Å². The minimum absolute atomic E-state index is 0.225. The van der Waals surface area contributed by atoms with E-state index >= 15 is 0 Å². The van der Waals surface area contributed by atoms with E-state index in [1.54, 1.807) is 28.8 Å². The molecule has 0 spiro atoms. The normalized spacial score (nSPS) is 11.6. The van der Waals surface area contributed by atoms with Crippen molar-refractivity contribution in [1.82, 2.24) is 9.55 Å². The number of benzene rings is 1. The number of aryl methyl sites for hydroxylation is 1. The Morgan fingerprint density at radius 2 is 2.23 bits per heavy atom. The van der Waals surface area contributed by atoms with Crippen molar-refractivity contribution in [3.05, 3.63) is 74.5 Å². The maximum Gasteiger partial charge on any atom is 0.283 e. The number of thiazole rings is 1. The predicted molar refractivity (Wildman–Crippen MR) is 98.2 cm³/mol. The summed E-state index contributed by atoms with van der Waals surface area (Å²) in [7, 11) is 1.47. The number of hydrogen-bond donors (Lipinski definition) is 0. The quantitative estimate of drug-likeness (QED) is 0.635. The first-order chi connectivity index (χ1) is 12.5. The molecule has 0 aliphatic heterocycles. The van der Waals surface area contributed by atoms with Crippen molar-refractivity contribution in [3.8, 4) is 5.75 Å². The van der Waals surface area contributed by atoms with Gasteiger partial charge in [-0.3, -0.25) is 4.79 Å². The molecular weight excluding hydrogens is 377 g/mol. The van der Waals surface area contributed by atoms with Crippen molar-refractivity contribution in [1.29, 1.82) is 0 Å². The molecule has 0 fully saturated rings. The SMILES string of the molecule is COc1ccc(Cl)cc1C(=O)N=c1sc(C)cn1Cc1cccnc1F. The van der Waals surface area contributed by atoms with E-state index in [0.717, 1.165) is 4.88 Å². The lowest BCUT2D eigenvalue weighted by Gasteiger charge is -2.06. The monoisotopic (exact) mass is 391 g/mol.